The highest BCUT2D eigenvalue weighted by atomic mass is 32.2. The number of anilines is 1. The molecule has 1 fully saturated rings. The van der Waals surface area contributed by atoms with E-state index in [9.17, 15) is 13.2 Å². The number of hydrogen-bond acceptors (Lipinski definition) is 6. The van der Waals surface area contributed by atoms with Gasteiger partial charge in [0, 0.05) is 12.3 Å². The molecule has 1 saturated heterocycles. The molecule has 0 radical (unpaired) electrons. The molecule has 8 nitrogen and oxygen atoms in total. The van der Waals surface area contributed by atoms with E-state index in [1.165, 1.54) is 24.3 Å². The summed E-state index contributed by atoms with van der Waals surface area (Å²) in [5.41, 5.74) is 2.15. The van der Waals surface area contributed by atoms with Gasteiger partial charge in [0.25, 0.3) is 5.91 Å². The van der Waals surface area contributed by atoms with Gasteiger partial charge in [-0.15, -0.1) is 0 Å². The molecule has 0 bridgehead atoms. The van der Waals surface area contributed by atoms with Gasteiger partial charge in [0.05, 0.1) is 15.9 Å². The van der Waals surface area contributed by atoms with Crippen LogP contribution in [0.25, 0.3) is 11.0 Å². The Hall–Kier alpha value is -3.43. The van der Waals surface area contributed by atoms with Crippen molar-refractivity contribution in [2.75, 3.05) is 11.9 Å². The molecule has 3 heterocycles. The first-order valence-corrected chi connectivity index (χ1v) is 11.9. The van der Waals surface area contributed by atoms with Crippen molar-refractivity contribution in [1.29, 1.82) is 0 Å². The Bertz CT molecular complexity index is 1370. The van der Waals surface area contributed by atoms with Crippen molar-refractivity contribution in [2.24, 2.45) is 0 Å². The third kappa shape index (κ3) is 4.17. The predicted octanol–water partition coefficient (Wildman–Crippen LogP) is 4.23. The number of carbonyl (C=O) groups is 1. The van der Waals surface area contributed by atoms with Crippen LogP contribution in [-0.4, -0.2) is 30.9 Å². The second kappa shape index (κ2) is 8.25. The zero-order valence-corrected chi connectivity index (χ0v) is 17.9. The summed E-state index contributed by atoms with van der Waals surface area (Å²) < 4.78 is 36.2. The lowest BCUT2D eigenvalue weighted by Crippen LogP contribution is -2.11. The molecule has 5 rings (SSSR count). The highest BCUT2D eigenvalue weighted by molar-refractivity contribution is 7.90. The third-order valence-electron chi connectivity index (χ3n) is 5.31. The van der Waals surface area contributed by atoms with Crippen LogP contribution in [0.15, 0.2) is 70.0 Å². The van der Waals surface area contributed by atoms with Gasteiger partial charge in [-0.05, 0) is 55.3 Å². The molecule has 0 aliphatic carbocycles. The van der Waals surface area contributed by atoms with Crippen LogP contribution in [0.4, 0.5) is 5.69 Å². The fourth-order valence-electron chi connectivity index (χ4n) is 3.72. The predicted molar refractivity (Wildman–Crippen MR) is 118 cm³/mol. The van der Waals surface area contributed by atoms with Gasteiger partial charge in [0.2, 0.25) is 0 Å². The number of ether oxygens (including phenoxy) is 1. The number of furan rings is 1. The molecule has 4 aromatic rings. The highest BCUT2D eigenvalue weighted by Crippen LogP contribution is 2.29. The highest BCUT2D eigenvalue weighted by Gasteiger charge is 2.22. The Balaban J connectivity index is 1.29. The van der Waals surface area contributed by atoms with E-state index in [4.69, 9.17) is 9.15 Å². The first-order valence-electron chi connectivity index (χ1n) is 10.3. The fourth-order valence-corrected chi connectivity index (χ4v) is 4.99. The Morgan fingerprint density at radius 3 is 2.75 bits per heavy atom. The molecule has 164 valence electrons. The van der Waals surface area contributed by atoms with Gasteiger partial charge in [0.1, 0.15) is 23.4 Å². The number of benzene rings is 2. The van der Waals surface area contributed by atoms with Crippen LogP contribution >= 0.6 is 0 Å². The number of nitrogens with one attached hydrogen (secondary N) is 2. The topological polar surface area (TPSA) is 114 Å². The number of fused-ring (bicyclic) bond motifs is 1. The fraction of sp³-hybridized carbons (Fsp3) is 0.217. The van der Waals surface area contributed by atoms with E-state index < -0.39 is 15.7 Å². The zero-order chi connectivity index (χ0) is 22.1. The van der Waals surface area contributed by atoms with E-state index >= 15 is 0 Å². The summed E-state index contributed by atoms with van der Waals surface area (Å²) >= 11 is 0. The molecule has 32 heavy (non-hydrogen) atoms. The SMILES string of the molecule is O=C(Nc1ccc2nc(C3CCCO3)[nH]c2c1)c1ccc(CS(=O)(=O)c2ccccc2)o1. The average molecular weight is 452 g/mol. The van der Waals surface area contributed by atoms with Crippen LogP contribution < -0.4 is 5.32 Å². The number of hydrogen-bond donors (Lipinski definition) is 2. The lowest BCUT2D eigenvalue weighted by Gasteiger charge is -2.04. The van der Waals surface area contributed by atoms with Gasteiger partial charge in [-0.3, -0.25) is 4.79 Å². The Morgan fingerprint density at radius 1 is 1.12 bits per heavy atom. The molecule has 1 unspecified atom stereocenters. The summed E-state index contributed by atoms with van der Waals surface area (Å²) in [5, 5.41) is 2.78. The van der Waals surface area contributed by atoms with Gasteiger partial charge in [0.15, 0.2) is 15.6 Å². The smallest absolute Gasteiger partial charge is 0.291 e. The van der Waals surface area contributed by atoms with Crippen molar-refractivity contribution in [3.63, 3.8) is 0 Å². The maximum atomic E-state index is 12.6. The summed E-state index contributed by atoms with van der Waals surface area (Å²) in [6.45, 7) is 0.737. The molecule has 1 amide bonds. The van der Waals surface area contributed by atoms with Crippen molar-refractivity contribution >= 4 is 32.5 Å². The number of amides is 1. The van der Waals surface area contributed by atoms with Crippen molar-refractivity contribution < 1.29 is 22.4 Å². The van der Waals surface area contributed by atoms with Gasteiger partial charge in [-0.1, -0.05) is 18.2 Å². The number of aromatic amines is 1. The molecule has 0 saturated carbocycles. The van der Waals surface area contributed by atoms with E-state index in [2.05, 4.69) is 15.3 Å². The van der Waals surface area contributed by atoms with Crippen molar-refractivity contribution in [3.05, 3.63) is 78.0 Å². The Kier molecular flexibility index (Phi) is 5.28. The van der Waals surface area contributed by atoms with E-state index in [-0.39, 0.29) is 28.3 Å². The van der Waals surface area contributed by atoms with E-state index in [1.54, 1.807) is 30.3 Å². The lowest BCUT2D eigenvalue weighted by molar-refractivity contribution is 0.0995. The molecule has 2 aromatic carbocycles. The Labute approximate surface area is 184 Å². The number of imidazole rings is 1. The molecule has 2 aromatic heterocycles. The Morgan fingerprint density at radius 2 is 1.97 bits per heavy atom. The minimum absolute atomic E-state index is 0.0193. The van der Waals surface area contributed by atoms with E-state index in [0.29, 0.717) is 5.69 Å². The van der Waals surface area contributed by atoms with Crippen molar-refractivity contribution in [3.8, 4) is 0 Å². The first kappa shape index (κ1) is 20.5. The van der Waals surface area contributed by atoms with Gasteiger partial charge >= 0.3 is 0 Å². The number of aromatic nitrogens is 2. The summed E-state index contributed by atoms with van der Waals surface area (Å²) in [4.78, 5) is 20.6. The summed E-state index contributed by atoms with van der Waals surface area (Å²) in [5.74, 6) is 0.233. The number of rotatable bonds is 6. The lowest BCUT2D eigenvalue weighted by atomic mass is 10.2. The molecule has 1 aliphatic rings. The van der Waals surface area contributed by atoms with E-state index in [1.807, 2.05) is 6.07 Å². The monoisotopic (exact) mass is 451 g/mol. The van der Waals surface area contributed by atoms with Crippen molar-refractivity contribution in [1.82, 2.24) is 9.97 Å². The molecular weight excluding hydrogens is 430 g/mol. The standard InChI is InChI=1S/C23H21N3O5S/c27-23(21-11-9-16(31-21)14-32(28,29)17-5-2-1-3-6-17)24-15-8-10-18-19(13-15)26-22(25-18)20-7-4-12-30-20/h1-3,5-6,8-11,13,20H,4,7,12,14H2,(H,24,27)(H,25,26). The average Bonchev–Trinajstić information content (AvgIpc) is 3.54. The van der Waals surface area contributed by atoms with Gasteiger partial charge in [-0.2, -0.15) is 0 Å². The van der Waals surface area contributed by atoms with E-state index in [0.717, 1.165) is 36.3 Å². The van der Waals surface area contributed by atoms with Crippen LogP contribution in [0.2, 0.25) is 0 Å². The first-order chi connectivity index (χ1) is 15.5. The van der Waals surface area contributed by atoms with Crippen LogP contribution in [0.5, 0.6) is 0 Å². The van der Waals surface area contributed by atoms with Gasteiger partial charge < -0.3 is 19.5 Å². The molecule has 1 aliphatic heterocycles. The van der Waals surface area contributed by atoms with Crippen LogP contribution in [-0.2, 0) is 20.3 Å². The summed E-state index contributed by atoms with van der Waals surface area (Å²) in [6, 6.07) is 16.5. The maximum absolute atomic E-state index is 12.6. The van der Waals surface area contributed by atoms with Crippen LogP contribution in [0.3, 0.4) is 0 Å². The number of carbonyl (C=O) groups excluding carboxylic acids is 1. The maximum Gasteiger partial charge on any atom is 0.291 e. The molecule has 1 atom stereocenters. The summed E-state index contributed by atoms with van der Waals surface area (Å²) in [6.07, 6.45) is 1.93. The second-order valence-corrected chi connectivity index (χ2v) is 9.64. The normalized spacial score (nSPS) is 16.4. The number of sulfone groups is 1. The number of H-pyrrole nitrogens is 1. The molecule has 9 heteroatoms. The molecule has 0 spiro atoms. The minimum atomic E-state index is -3.56. The third-order valence-corrected chi connectivity index (χ3v) is 6.97. The second-order valence-electron chi connectivity index (χ2n) is 7.65. The van der Waals surface area contributed by atoms with Crippen LogP contribution in [0.1, 0.15) is 41.1 Å². The molecular formula is C23H21N3O5S. The molecule has 2 N–H and O–H groups in total. The quantitative estimate of drug-likeness (QED) is 0.453. The van der Waals surface area contributed by atoms with Crippen LogP contribution in [0, 0.1) is 0 Å². The van der Waals surface area contributed by atoms with Gasteiger partial charge in [-0.25, -0.2) is 13.4 Å². The number of nitrogens with zero attached hydrogens (tertiary/aromatic N) is 1. The summed E-state index contributed by atoms with van der Waals surface area (Å²) in [7, 11) is -3.56. The minimum Gasteiger partial charge on any atom is -0.455 e. The van der Waals surface area contributed by atoms with Crippen molar-refractivity contribution in [2.45, 2.75) is 29.6 Å². The largest absolute Gasteiger partial charge is 0.455 e. The zero-order valence-electron chi connectivity index (χ0n) is 17.1.